The van der Waals surface area contributed by atoms with Crippen LogP contribution >= 0.6 is 22.6 Å². The Kier molecular flexibility index (Phi) is 5.28. The van der Waals surface area contributed by atoms with E-state index in [1.54, 1.807) is 0 Å². The second-order valence-corrected chi connectivity index (χ2v) is 4.59. The van der Waals surface area contributed by atoms with Crippen molar-refractivity contribution in [2.45, 2.75) is 19.5 Å². The van der Waals surface area contributed by atoms with Gasteiger partial charge in [0.1, 0.15) is 0 Å². The minimum absolute atomic E-state index is 0.251. The van der Waals surface area contributed by atoms with Crippen LogP contribution in [-0.4, -0.2) is 23.9 Å². The molecule has 0 saturated carbocycles. The second kappa shape index (κ2) is 6.23. The molecule has 118 valence electrons. The molecule has 0 aliphatic rings. The number of esters is 1. The summed E-state index contributed by atoms with van der Waals surface area (Å²) in [4.78, 5) is 14.4. The molecule has 0 atom stereocenters. The largest absolute Gasteiger partial charge is 0.573 e. The number of halogens is 7. The first-order valence-corrected chi connectivity index (χ1v) is 6.24. The molecular weight excluding hydrogens is 423 g/mol. The molecule has 1 rings (SSSR count). The lowest BCUT2D eigenvalue weighted by molar-refractivity contribution is -0.274. The van der Waals surface area contributed by atoms with E-state index in [9.17, 15) is 31.1 Å². The Balaban J connectivity index is 3.42. The van der Waals surface area contributed by atoms with E-state index >= 15 is 0 Å². The third-order valence-corrected chi connectivity index (χ3v) is 2.73. The number of hydrogen-bond acceptors (Lipinski definition) is 4. The predicted octanol–water partition coefficient (Wildman–Crippen LogP) is 3.78. The van der Waals surface area contributed by atoms with Gasteiger partial charge in [-0.05, 0) is 35.6 Å². The fourth-order valence-corrected chi connectivity index (χ4v) is 1.93. The van der Waals surface area contributed by atoms with Crippen molar-refractivity contribution in [2.24, 2.45) is 0 Å². The van der Waals surface area contributed by atoms with Crippen LogP contribution in [0.1, 0.15) is 23.1 Å². The highest BCUT2D eigenvalue weighted by atomic mass is 127. The first-order valence-electron chi connectivity index (χ1n) is 5.16. The van der Waals surface area contributed by atoms with E-state index in [0.717, 1.165) is 22.6 Å². The molecule has 21 heavy (non-hydrogen) atoms. The summed E-state index contributed by atoms with van der Waals surface area (Å²) in [5.74, 6) is -2.60. The first kappa shape index (κ1) is 17.8. The molecule has 11 heteroatoms. The van der Waals surface area contributed by atoms with Crippen LogP contribution in [0.25, 0.3) is 0 Å². The Hall–Kier alpha value is -1.27. The molecule has 0 saturated heterocycles. The quantitative estimate of drug-likeness (QED) is 0.417. The fraction of sp³-hybridized carbons (Fsp3) is 0.400. The number of ether oxygens (including phenoxy) is 2. The monoisotopic (exact) mass is 429 g/mol. The van der Waals surface area contributed by atoms with Crippen LogP contribution < -0.4 is 4.74 Å². The van der Waals surface area contributed by atoms with Crippen LogP contribution in [0.5, 0.6) is 5.75 Å². The van der Waals surface area contributed by atoms with Crippen molar-refractivity contribution >= 4 is 28.6 Å². The van der Waals surface area contributed by atoms with Crippen LogP contribution in [0, 0.1) is 3.57 Å². The molecule has 0 aromatic carbocycles. The summed E-state index contributed by atoms with van der Waals surface area (Å²) < 4.78 is 81.9. The third kappa shape index (κ3) is 4.89. The van der Waals surface area contributed by atoms with Crippen LogP contribution in [-0.2, 0) is 10.9 Å². The molecule has 0 radical (unpaired) electrons. The van der Waals surface area contributed by atoms with Crippen LogP contribution in [0.2, 0.25) is 0 Å². The molecule has 1 aromatic heterocycles. The second-order valence-electron chi connectivity index (χ2n) is 3.43. The maximum absolute atomic E-state index is 12.7. The topological polar surface area (TPSA) is 48.4 Å². The minimum Gasteiger partial charge on any atom is -0.461 e. The maximum atomic E-state index is 12.7. The number of pyridine rings is 1. The molecule has 4 nitrogen and oxygen atoms in total. The minimum atomic E-state index is -5.19. The smallest absolute Gasteiger partial charge is 0.461 e. The average molecular weight is 429 g/mol. The normalized spacial score (nSPS) is 12.2. The molecule has 0 aliphatic carbocycles. The Morgan fingerprint density at radius 2 is 1.86 bits per heavy atom. The van der Waals surface area contributed by atoms with E-state index in [1.165, 1.54) is 6.92 Å². The molecule has 0 aliphatic heterocycles. The number of hydrogen-bond donors (Lipinski definition) is 0. The highest BCUT2D eigenvalue weighted by Gasteiger charge is 2.39. The van der Waals surface area contributed by atoms with Crippen LogP contribution in [0.4, 0.5) is 26.3 Å². The van der Waals surface area contributed by atoms with Gasteiger partial charge in [-0.1, -0.05) is 0 Å². The number of aromatic nitrogens is 1. The molecule has 0 spiro atoms. The van der Waals surface area contributed by atoms with Crippen molar-refractivity contribution in [3.8, 4) is 5.75 Å². The molecule has 0 fully saturated rings. The van der Waals surface area contributed by atoms with E-state index in [0.29, 0.717) is 6.07 Å². The van der Waals surface area contributed by atoms with E-state index in [1.807, 2.05) is 0 Å². The summed E-state index contributed by atoms with van der Waals surface area (Å²) in [5.41, 5.74) is -2.69. The molecule has 0 bridgehead atoms. The Morgan fingerprint density at radius 3 is 2.29 bits per heavy atom. The summed E-state index contributed by atoms with van der Waals surface area (Å²) >= 11 is 1.14. The van der Waals surface area contributed by atoms with E-state index in [4.69, 9.17) is 0 Å². The summed E-state index contributed by atoms with van der Waals surface area (Å²) in [7, 11) is 0. The average Bonchev–Trinajstić information content (AvgIpc) is 2.25. The zero-order valence-corrected chi connectivity index (χ0v) is 12.3. The zero-order valence-electron chi connectivity index (χ0n) is 10.1. The van der Waals surface area contributed by atoms with E-state index in [2.05, 4.69) is 14.5 Å². The molecule has 1 heterocycles. The van der Waals surface area contributed by atoms with Crippen LogP contribution in [0.15, 0.2) is 6.07 Å². The van der Waals surface area contributed by atoms with Gasteiger partial charge < -0.3 is 9.47 Å². The third-order valence-electron chi connectivity index (χ3n) is 1.90. The Labute approximate surface area is 127 Å². The van der Waals surface area contributed by atoms with Gasteiger partial charge in [0.05, 0.1) is 6.61 Å². The number of rotatable bonds is 3. The van der Waals surface area contributed by atoms with E-state index in [-0.39, 0.29) is 6.61 Å². The van der Waals surface area contributed by atoms with Gasteiger partial charge in [-0.2, -0.15) is 13.2 Å². The lowest BCUT2D eigenvalue weighted by Crippen LogP contribution is -2.22. The molecular formula is C10H6F6INO3. The highest BCUT2D eigenvalue weighted by molar-refractivity contribution is 14.1. The Morgan fingerprint density at radius 1 is 1.29 bits per heavy atom. The van der Waals surface area contributed by atoms with Gasteiger partial charge in [-0.3, -0.25) is 0 Å². The van der Waals surface area contributed by atoms with Crippen molar-refractivity contribution in [2.75, 3.05) is 6.61 Å². The maximum Gasteiger partial charge on any atom is 0.573 e. The number of carbonyl (C=O) groups excluding carboxylic acids is 1. The standard InChI is InChI=1S/C10H6F6INO3/c1-2-20-8(19)6-5(21-10(14,15)16)3-4(17)7(18-6)9(11,12)13/h3H,2H2,1H3. The van der Waals surface area contributed by atoms with Crippen molar-refractivity contribution in [1.82, 2.24) is 4.98 Å². The predicted molar refractivity (Wildman–Crippen MR) is 64.6 cm³/mol. The number of nitrogens with zero attached hydrogens (tertiary/aromatic N) is 1. The van der Waals surface area contributed by atoms with Gasteiger partial charge in [0.2, 0.25) is 0 Å². The summed E-state index contributed by atoms with van der Waals surface area (Å²) in [5, 5.41) is 0. The summed E-state index contributed by atoms with van der Waals surface area (Å²) in [6, 6.07) is 0.427. The highest BCUT2D eigenvalue weighted by Crippen LogP contribution is 2.35. The Bertz CT molecular complexity index is 543. The molecule has 0 N–H and O–H groups in total. The van der Waals surface area contributed by atoms with Gasteiger partial charge >= 0.3 is 18.5 Å². The van der Waals surface area contributed by atoms with Crippen molar-refractivity contribution < 1.29 is 40.6 Å². The van der Waals surface area contributed by atoms with Crippen molar-refractivity contribution in [1.29, 1.82) is 0 Å². The SMILES string of the molecule is CCOC(=O)c1nc(C(F)(F)F)c(I)cc1OC(F)(F)F. The summed E-state index contributed by atoms with van der Waals surface area (Å²) in [6.07, 6.45) is -10.1. The number of alkyl halides is 6. The van der Waals surface area contributed by atoms with E-state index < -0.39 is 39.2 Å². The van der Waals surface area contributed by atoms with Crippen molar-refractivity contribution in [3.05, 3.63) is 21.0 Å². The van der Waals surface area contributed by atoms with Gasteiger partial charge in [0.15, 0.2) is 17.1 Å². The molecule has 0 amide bonds. The number of carbonyl (C=O) groups is 1. The van der Waals surface area contributed by atoms with Crippen LogP contribution in [0.3, 0.4) is 0 Å². The van der Waals surface area contributed by atoms with Gasteiger partial charge in [-0.15, -0.1) is 13.2 Å². The van der Waals surface area contributed by atoms with Crippen molar-refractivity contribution in [3.63, 3.8) is 0 Å². The molecule has 0 unspecified atom stereocenters. The van der Waals surface area contributed by atoms with Gasteiger partial charge in [0, 0.05) is 3.57 Å². The lowest BCUT2D eigenvalue weighted by Gasteiger charge is -2.15. The summed E-state index contributed by atoms with van der Waals surface area (Å²) in [6.45, 7) is 1.08. The first-order chi connectivity index (χ1) is 9.45. The van der Waals surface area contributed by atoms with Gasteiger partial charge in [0.25, 0.3) is 0 Å². The van der Waals surface area contributed by atoms with Gasteiger partial charge in [-0.25, -0.2) is 9.78 Å². The zero-order chi connectivity index (χ0) is 16.4. The fourth-order valence-electron chi connectivity index (χ4n) is 1.22. The lowest BCUT2D eigenvalue weighted by atomic mass is 10.2. The molecule has 1 aromatic rings.